The van der Waals surface area contributed by atoms with E-state index in [0.29, 0.717) is 11.4 Å². The molecule has 0 radical (unpaired) electrons. The Morgan fingerprint density at radius 2 is 0.944 bits per heavy atom. The van der Waals surface area contributed by atoms with Crippen molar-refractivity contribution in [2.45, 2.75) is 17.2 Å². The van der Waals surface area contributed by atoms with E-state index in [4.69, 9.17) is 11.5 Å². The number of nitrogens with two attached hydrogens (primary N) is 2. The maximum atomic E-state index is 12.2. The van der Waals surface area contributed by atoms with Crippen LogP contribution in [0.5, 0.6) is 0 Å². The molecule has 0 spiro atoms. The van der Waals surface area contributed by atoms with Gasteiger partial charge in [-0.25, -0.2) is 8.42 Å². The molecule has 0 unspecified atom stereocenters. The Kier molecular flexibility index (Phi) is 3.98. The van der Waals surface area contributed by atoms with Gasteiger partial charge in [0.15, 0.2) is 0 Å². The molecule has 18 heavy (non-hydrogen) atoms. The number of rotatable bonds is 2. The Balaban J connectivity index is 0.00000162. The fourth-order valence-electron chi connectivity index (χ4n) is 1.43. The zero-order valence-corrected chi connectivity index (χ0v) is 9.81. The monoisotopic (exact) mass is 264 g/mol. The summed E-state index contributed by atoms with van der Waals surface area (Å²) in [5.74, 6) is 0. The Bertz CT molecular complexity index is 566. The van der Waals surface area contributed by atoms with Crippen LogP contribution in [0.4, 0.5) is 11.4 Å². The molecule has 0 bridgehead atoms. The molecule has 0 aliphatic carbocycles. The van der Waals surface area contributed by atoms with E-state index in [1.807, 2.05) is 0 Å². The molecular formula is C13H16N2O2S. The van der Waals surface area contributed by atoms with Crippen LogP contribution in [0.1, 0.15) is 7.43 Å². The number of benzene rings is 2. The average Bonchev–Trinajstić information content (AvgIpc) is 2.30. The molecule has 5 heteroatoms. The van der Waals surface area contributed by atoms with Crippen LogP contribution >= 0.6 is 0 Å². The summed E-state index contributed by atoms with van der Waals surface area (Å²) in [5, 5.41) is 0. The first-order chi connectivity index (χ1) is 8.00. The van der Waals surface area contributed by atoms with Crippen LogP contribution < -0.4 is 11.5 Å². The van der Waals surface area contributed by atoms with Gasteiger partial charge in [-0.15, -0.1) is 0 Å². The highest BCUT2D eigenvalue weighted by Crippen LogP contribution is 2.22. The van der Waals surface area contributed by atoms with Crippen LogP contribution in [0.3, 0.4) is 0 Å². The van der Waals surface area contributed by atoms with Gasteiger partial charge in [-0.2, -0.15) is 0 Å². The molecule has 2 aromatic carbocycles. The van der Waals surface area contributed by atoms with E-state index in [9.17, 15) is 8.42 Å². The summed E-state index contributed by atoms with van der Waals surface area (Å²) < 4.78 is 24.3. The van der Waals surface area contributed by atoms with Gasteiger partial charge in [0.25, 0.3) is 0 Å². The minimum absolute atomic E-state index is 0. The minimum atomic E-state index is -3.48. The molecule has 0 amide bonds. The van der Waals surface area contributed by atoms with Crippen LogP contribution in [0.25, 0.3) is 0 Å². The summed E-state index contributed by atoms with van der Waals surface area (Å²) in [4.78, 5) is 0.438. The lowest BCUT2D eigenvalue weighted by atomic mass is 10.3. The lowest BCUT2D eigenvalue weighted by molar-refractivity contribution is 0.596. The molecule has 0 aliphatic heterocycles. The van der Waals surface area contributed by atoms with E-state index in [1.165, 1.54) is 24.3 Å². The van der Waals surface area contributed by atoms with Gasteiger partial charge < -0.3 is 11.5 Å². The van der Waals surface area contributed by atoms with Crippen LogP contribution in [0, 0.1) is 0 Å². The van der Waals surface area contributed by atoms with Crippen molar-refractivity contribution in [2.75, 3.05) is 11.5 Å². The lowest BCUT2D eigenvalue weighted by Crippen LogP contribution is -2.02. The maximum absolute atomic E-state index is 12.2. The first-order valence-corrected chi connectivity index (χ1v) is 6.44. The van der Waals surface area contributed by atoms with E-state index < -0.39 is 9.84 Å². The number of anilines is 2. The van der Waals surface area contributed by atoms with Gasteiger partial charge in [0.2, 0.25) is 9.84 Å². The third kappa shape index (κ3) is 2.62. The molecule has 96 valence electrons. The first kappa shape index (κ1) is 14.1. The lowest BCUT2D eigenvalue weighted by Gasteiger charge is -2.05. The predicted octanol–water partition coefficient (Wildman–Crippen LogP) is 2.32. The SMILES string of the molecule is C.Nc1ccc(S(=O)(=O)c2ccc(N)cc2)cc1. The van der Waals surface area contributed by atoms with E-state index in [2.05, 4.69) is 0 Å². The average molecular weight is 264 g/mol. The summed E-state index contributed by atoms with van der Waals surface area (Å²) in [6.45, 7) is 0. The van der Waals surface area contributed by atoms with Crippen molar-refractivity contribution in [1.82, 2.24) is 0 Å². The zero-order chi connectivity index (χ0) is 12.5. The van der Waals surface area contributed by atoms with E-state index in [-0.39, 0.29) is 17.2 Å². The minimum Gasteiger partial charge on any atom is -0.399 e. The number of sulfone groups is 1. The van der Waals surface area contributed by atoms with Crippen molar-refractivity contribution in [3.05, 3.63) is 48.5 Å². The second kappa shape index (κ2) is 5.10. The summed E-state index contributed by atoms with van der Waals surface area (Å²) in [7, 11) is -3.48. The van der Waals surface area contributed by atoms with Gasteiger partial charge in [0.1, 0.15) is 0 Å². The van der Waals surface area contributed by atoms with Gasteiger partial charge in [-0.3, -0.25) is 0 Å². The highest BCUT2D eigenvalue weighted by molar-refractivity contribution is 7.91. The Labute approximate surface area is 107 Å². The molecule has 4 nitrogen and oxygen atoms in total. The second-order valence-corrected chi connectivity index (χ2v) is 5.59. The second-order valence-electron chi connectivity index (χ2n) is 3.64. The third-order valence-corrected chi connectivity index (χ3v) is 4.17. The summed E-state index contributed by atoms with van der Waals surface area (Å²) in [6, 6.07) is 12.2. The van der Waals surface area contributed by atoms with E-state index in [1.54, 1.807) is 24.3 Å². The fraction of sp³-hybridized carbons (Fsp3) is 0.0769. The number of hydrogen-bond acceptors (Lipinski definition) is 4. The molecule has 0 aliphatic rings. The molecule has 0 aromatic heterocycles. The molecule has 0 saturated carbocycles. The molecule has 0 saturated heterocycles. The highest BCUT2D eigenvalue weighted by Gasteiger charge is 2.16. The highest BCUT2D eigenvalue weighted by atomic mass is 32.2. The number of nitrogen functional groups attached to an aromatic ring is 2. The molecule has 2 aromatic rings. The smallest absolute Gasteiger partial charge is 0.206 e. The Hall–Kier alpha value is -2.01. The van der Waals surface area contributed by atoms with Crippen LogP contribution in [-0.2, 0) is 9.84 Å². The van der Waals surface area contributed by atoms with Gasteiger partial charge in [0.05, 0.1) is 9.79 Å². The Morgan fingerprint density at radius 1 is 0.667 bits per heavy atom. The maximum Gasteiger partial charge on any atom is 0.206 e. The largest absolute Gasteiger partial charge is 0.399 e. The molecule has 4 N–H and O–H groups in total. The zero-order valence-electron chi connectivity index (χ0n) is 9.00. The van der Waals surface area contributed by atoms with Crippen LogP contribution in [0.15, 0.2) is 58.3 Å². The molecular weight excluding hydrogens is 248 g/mol. The van der Waals surface area contributed by atoms with E-state index in [0.717, 1.165) is 0 Å². The normalized spacial score (nSPS) is 10.7. The summed E-state index contributed by atoms with van der Waals surface area (Å²) in [5.41, 5.74) is 12.1. The van der Waals surface area contributed by atoms with Crippen LogP contribution in [0.2, 0.25) is 0 Å². The topological polar surface area (TPSA) is 86.2 Å². The molecule has 2 rings (SSSR count). The van der Waals surface area contributed by atoms with Crippen LogP contribution in [-0.4, -0.2) is 8.42 Å². The number of hydrogen-bond donors (Lipinski definition) is 2. The molecule has 0 heterocycles. The quantitative estimate of drug-likeness (QED) is 0.815. The summed E-state index contributed by atoms with van der Waals surface area (Å²) in [6.07, 6.45) is 0. The van der Waals surface area contributed by atoms with Crippen molar-refractivity contribution in [3.8, 4) is 0 Å². The van der Waals surface area contributed by atoms with Gasteiger partial charge in [0, 0.05) is 11.4 Å². The van der Waals surface area contributed by atoms with Gasteiger partial charge >= 0.3 is 0 Å². The molecule has 0 atom stereocenters. The van der Waals surface area contributed by atoms with Gasteiger partial charge in [-0.05, 0) is 48.5 Å². The van der Waals surface area contributed by atoms with Crippen molar-refractivity contribution in [2.24, 2.45) is 0 Å². The van der Waals surface area contributed by atoms with E-state index >= 15 is 0 Å². The standard InChI is InChI=1S/C12H12N2O2S.CH4/c13-9-1-5-11(6-2-9)17(15,16)12-7-3-10(14)4-8-12;/h1-8H,13-14H2;1H4. The first-order valence-electron chi connectivity index (χ1n) is 4.96. The van der Waals surface area contributed by atoms with Crippen molar-refractivity contribution in [1.29, 1.82) is 0 Å². The predicted molar refractivity (Wildman–Crippen MR) is 73.9 cm³/mol. The van der Waals surface area contributed by atoms with Gasteiger partial charge in [-0.1, -0.05) is 7.43 Å². The summed E-state index contributed by atoms with van der Waals surface area (Å²) >= 11 is 0. The Morgan fingerprint density at radius 3 is 1.22 bits per heavy atom. The van der Waals surface area contributed by atoms with Crippen molar-refractivity contribution in [3.63, 3.8) is 0 Å². The molecule has 0 fully saturated rings. The fourth-order valence-corrected chi connectivity index (χ4v) is 2.69. The van der Waals surface area contributed by atoms with Crippen molar-refractivity contribution < 1.29 is 8.42 Å². The third-order valence-electron chi connectivity index (χ3n) is 2.38. The van der Waals surface area contributed by atoms with Crippen molar-refractivity contribution >= 4 is 21.2 Å².